The van der Waals surface area contributed by atoms with Crippen molar-refractivity contribution >= 4 is 17.7 Å². The minimum Gasteiger partial charge on any atom is -0.457 e. The zero-order valence-corrected chi connectivity index (χ0v) is 39.3. The summed E-state index contributed by atoms with van der Waals surface area (Å²) in [5.41, 5.74) is -8.11. The number of ketones is 1. The van der Waals surface area contributed by atoms with Crippen LogP contribution in [0, 0.1) is 40.9 Å². The van der Waals surface area contributed by atoms with Gasteiger partial charge in [-0.3, -0.25) is 14.4 Å². The lowest BCUT2D eigenvalue weighted by Crippen LogP contribution is -2.69. The molecule has 55 heavy (non-hydrogen) atoms. The molecule has 0 aromatic carbocycles. The normalized spacial score (nSPS) is 36.8. The van der Waals surface area contributed by atoms with Crippen molar-refractivity contribution in [2.75, 3.05) is 6.61 Å². The molecule has 5 rings (SSSR count). The first-order valence-electron chi connectivity index (χ1n) is 22.0. The van der Waals surface area contributed by atoms with Crippen LogP contribution in [-0.4, -0.2) is 85.5 Å². The van der Waals surface area contributed by atoms with Gasteiger partial charge in [0.15, 0.2) is 17.0 Å². The molecule has 328 valence electrons. The summed E-state index contributed by atoms with van der Waals surface area (Å²) in [6.07, 6.45) is -0.119. The molecule has 0 aromatic heterocycles. The summed E-state index contributed by atoms with van der Waals surface area (Å²) >= 11 is 0. The number of rotatable bonds is 7. The number of epoxide rings is 1. The summed E-state index contributed by atoms with van der Waals surface area (Å²) in [6, 6.07) is 0. The molecule has 4 aliphatic carbocycles. The van der Waals surface area contributed by atoms with E-state index in [1.807, 2.05) is 111 Å². The van der Waals surface area contributed by atoms with E-state index in [-0.39, 0.29) is 5.57 Å². The molecule has 3 saturated carbocycles. The maximum atomic E-state index is 13.4. The number of carbonyl (C=O) groups excluding carboxylic acids is 3. The van der Waals surface area contributed by atoms with Crippen molar-refractivity contribution in [2.24, 2.45) is 40.9 Å². The van der Waals surface area contributed by atoms with Crippen LogP contribution < -0.4 is 0 Å². The van der Waals surface area contributed by atoms with Crippen molar-refractivity contribution in [3.05, 3.63) is 11.6 Å². The highest BCUT2D eigenvalue weighted by Crippen LogP contribution is 2.80. The quantitative estimate of drug-likeness (QED) is 0.145. The Morgan fingerprint density at radius 2 is 1.25 bits per heavy atom. The van der Waals surface area contributed by atoms with Crippen molar-refractivity contribution in [2.45, 2.75) is 212 Å². The monoisotopic (exact) mass is 789 g/mol. The van der Waals surface area contributed by atoms with Gasteiger partial charge in [-0.1, -0.05) is 158 Å². The van der Waals surface area contributed by atoms with Crippen molar-refractivity contribution in [1.82, 2.24) is 0 Å². The zero-order chi connectivity index (χ0) is 44.7. The topological polar surface area (TPSA) is 163 Å². The van der Waals surface area contributed by atoms with Crippen LogP contribution in [0.2, 0.25) is 0 Å². The summed E-state index contributed by atoms with van der Waals surface area (Å²) in [4.78, 5) is 40.0. The first kappa shape index (κ1) is 57.5. The molecule has 5 aliphatic rings. The third-order valence-corrected chi connectivity index (χ3v) is 11.5. The number of carbonyl (C=O) groups is 3. The van der Waals surface area contributed by atoms with E-state index in [1.54, 1.807) is 20.8 Å². The highest BCUT2D eigenvalue weighted by atomic mass is 16.6. The number of esters is 2. The van der Waals surface area contributed by atoms with Crippen molar-refractivity contribution in [3.63, 3.8) is 0 Å². The summed E-state index contributed by atoms with van der Waals surface area (Å²) in [6.45, 7) is 41.7. The van der Waals surface area contributed by atoms with Crippen LogP contribution >= 0.6 is 0 Å². The molecule has 1 heterocycles. The second-order valence-electron chi connectivity index (χ2n) is 14.3. The average molecular weight is 789 g/mol. The molecule has 1 aliphatic heterocycles. The predicted molar refractivity (Wildman–Crippen MR) is 224 cm³/mol. The van der Waals surface area contributed by atoms with Crippen LogP contribution in [0.15, 0.2) is 11.6 Å². The molecule has 0 bridgehead atoms. The predicted octanol–water partition coefficient (Wildman–Crippen LogP) is 8.88. The summed E-state index contributed by atoms with van der Waals surface area (Å²) in [5, 5.41) is 46.8. The van der Waals surface area contributed by atoms with Gasteiger partial charge in [0.1, 0.15) is 17.8 Å². The number of fused-ring (bicyclic) bond motifs is 7. The van der Waals surface area contributed by atoms with Crippen molar-refractivity contribution < 1.29 is 49.0 Å². The van der Waals surface area contributed by atoms with Crippen LogP contribution in [0.1, 0.15) is 172 Å². The zero-order valence-electron chi connectivity index (χ0n) is 39.3. The van der Waals surface area contributed by atoms with Gasteiger partial charge in [0, 0.05) is 29.1 Å². The smallest absolute Gasteiger partial charge is 0.309 e. The van der Waals surface area contributed by atoms with E-state index in [2.05, 4.69) is 13.8 Å². The van der Waals surface area contributed by atoms with Gasteiger partial charge in [0.05, 0.1) is 30.1 Å². The molecule has 4 fully saturated rings. The van der Waals surface area contributed by atoms with E-state index < -0.39 is 106 Å². The second kappa shape index (κ2) is 24.2. The van der Waals surface area contributed by atoms with Gasteiger partial charge in [-0.15, -0.1) is 0 Å². The lowest BCUT2D eigenvalue weighted by Gasteiger charge is -2.53. The highest BCUT2D eigenvalue weighted by Gasteiger charge is 2.93. The Morgan fingerprint density at radius 1 is 0.836 bits per heavy atom. The maximum absolute atomic E-state index is 13.4. The molecule has 1 saturated heterocycles. The Kier molecular flexibility index (Phi) is 25.2. The summed E-state index contributed by atoms with van der Waals surface area (Å²) in [5.74, 6) is -6.37. The van der Waals surface area contributed by atoms with E-state index in [0.717, 1.165) is 0 Å². The Hall–Kier alpha value is -1.85. The Bertz CT molecular complexity index is 1180. The van der Waals surface area contributed by atoms with E-state index in [9.17, 15) is 34.8 Å². The Morgan fingerprint density at radius 3 is 1.65 bits per heavy atom. The van der Waals surface area contributed by atoms with Gasteiger partial charge in [0.25, 0.3) is 0 Å². The number of hydrogen-bond acceptors (Lipinski definition) is 10. The molecular weight excluding hydrogens is 700 g/mol. The molecule has 0 spiro atoms. The lowest BCUT2D eigenvalue weighted by atomic mass is 9.58. The van der Waals surface area contributed by atoms with Crippen LogP contribution in [0.4, 0.5) is 0 Å². The number of hydrogen-bond donors (Lipinski definition) is 4. The van der Waals surface area contributed by atoms with Crippen molar-refractivity contribution in [1.29, 1.82) is 0 Å². The molecule has 10 nitrogen and oxygen atoms in total. The first-order chi connectivity index (χ1) is 25.9. The maximum Gasteiger partial charge on any atom is 0.309 e. The van der Waals surface area contributed by atoms with E-state index >= 15 is 0 Å². The van der Waals surface area contributed by atoms with Crippen LogP contribution in [0.3, 0.4) is 0 Å². The molecule has 0 amide bonds. The van der Waals surface area contributed by atoms with Crippen LogP contribution in [0.5, 0.6) is 0 Å². The van der Waals surface area contributed by atoms with Gasteiger partial charge in [-0.05, 0) is 25.3 Å². The fraction of sp³-hybridized carbons (Fsp3) is 0.889. The van der Waals surface area contributed by atoms with E-state index in [4.69, 9.17) is 14.2 Å². The van der Waals surface area contributed by atoms with Crippen LogP contribution in [-0.2, 0) is 28.6 Å². The second-order valence-corrected chi connectivity index (χ2v) is 14.3. The molecule has 10 heteroatoms. The van der Waals surface area contributed by atoms with E-state index in [0.29, 0.717) is 12.8 Å². The SMILES string of the molecule is CC.CC.CC.CC.CC.CC.CCC.CCC(C)C(=O)OC1C(C)C2(O)C(C3OC3(CO)C(O)C3(O)C(=O)C(C)=CC32)C2C(C)(C)C12OC(=O)C(C)CC. The standard InChI is InChI=1S/C30H44O10.C3H8.6C2H6/c1-9-13(3)23(33)38-21-16(6)28(36)17-11-15(5)20(32)29(17,37)25(35)27(12-31)22(39-27)18(28)19-26(7,8)30(19,21)40-24(34)14(4)10-2;1-3-2;6*1-2/h11,13-14,16-19,21-22,25,31,35-37H,9-10,12H2,1-8H3;3H2,1-2H3;6*1-2H3. The fourth-order valence-corrected chi connectivity index (χ4v) is 8.51. The average Bonchev–Trinajstić information content (AvgIpc) is 4.05. The van der Waals surface area contributed by atoms with Gasteiger partial charge in [0.2, 0.25) is 0 Å². The number of aliphatic hydroxyl groups excluding tert-OH is 2. The third-order valence-electron chi connectivity index (χ3n) is 11.5. The highest BCUT2D eigenvalue weighted by molar-refractivity contribution is 6.05. The molecule has 13 atom stereocenters. The molecule has 0 radical (unpaired) electrons. The van der Waals surface area contributed by atoms with Gasteiger partial charge >= 0.3 is 11.9 Å². The van der Waals surface area contributed by atoms with Crippen molar-refractivity contribution in [3.8, 4) is 0 Å². The molecule has 0 aromatic rings. The first-order valence-corrected chi connectivity index (χ1v) is 22.0. The number of aliphatic hydroxyl groups is 4. The van der Waals surface area contributed by atoms with Gasteiger partial charge in [-0.25, -0.2) is 0 Å². The molecule has 13 unspecified atom stereocenters. The Balaban J connectivity index is -0.00000160. The van der Waals surface area contributed by atoms with E-state index in [1.165, 1.54) is 19.4 Å². The van der Waals surface area contributed by atoms with Gasteiger partial charge in [-0.2, -0.15) is 0 Å². The largest absolute Gasteiger partial charge is 0.457 e. The fourth-order valence-electron chi connectivity index (χ4n) is 8.51. The molecular formula is C45H88O10. The summed E-state index contributed by atoms with van der Waals surface area (Å²) in [7, 11) is 0. The Labute approximate surface area is 337 Å². The third kappa shape index (κ3) is 9.40. The number of ether oxygens (including phenoxy) is 3. The summed E-state index contributed by atoms with van der Waals surface area (Å²) < 4.78 is 18.5. The minimum atomic E-state index is -2.48. The number of Topliss-reactive ketones (excluding diaryl/α,β-unsaturated/α-hetero) is 1. The van der Waals surface area contributed by atoms with Crippen LogP contribution in [0.25, 0.3) is 0 Å². The minimum absolute atomic E-state index is 0.168. The lowest BCUT2D eigenvalue weighted by molar-refractivity contribution is -0.246. The van der Waals surface area contributed by atoms with Gasteiger partial charge < -0.3 is 34.6 Å². The molecule has 4 N–H and O–H groups in total.